The van der Waals surface area contributed by atoms with Crippen molar-refractivity contribution >= 4 is 5.91 Å². The number of aliphatic hydroxyl groups excluding tert-OH is 1. The molecule has 0 aliphatic carbocycles. The van der Waals surface area contributed by atoms with Crippen LogP contribution in [0.2, 0.25) is 0 Å². The summed E-state index contributed by atoms with van der Waals surface area (Å²) < 4.78 is 1.82. The molecule has 2 rings (SSSR count). The van der Waals surface area contributed by atoms with Crippen molar-refractivity contribution in [3.8, 4) is 0 Å². The maximum absolute atomic E-state index is 11.9. The average molecular weight is 308 g/mol. The van der Waals surface area contributed by atoms with E-state index in [0.29, 0.717) is 32.4 Å². The Morgan fingerprint density at radius 2 is 2.09 bits per heavy atom. The predicted molar refractivity (Wildman–Crippen MR) is 84.5 cm³/mol. The molecule has 1 aromatic rings. The van der Waals surface area contributed by atoms with Crippen molar-refractivity contribution in [1.82, 2.24) is 19.7 Å². The number of nitrogens with zero attached hydrogens (tertiary/aromatic N) is 4. The summed E-state index contributed by atoms with van der Waals surface area (Å²) in [5.74, 6) is 2.18. The fraction of sp³-hybridized carbons (Fsp3) is 0.812. The molecule has 0 unspecified atom stereocenters. The van der Waals surface area contributed by atoms with Crippen LogP contribution in [0.4, 0.5) is 0 Å². The summed E-state index contributed by atoms with van der Waals surface area (Å²) in [6, 6.07) is 0. The number of rotatable bonds is 7. The molecule has 1 amide bonds. The number of aromatic nitrogens is 3. The van der Waals surface area contributed by atoms with Gasteiger partial charge in [-0.2, -0.15) is 5.10 Å². The molecule has 1 fully saturated rings. The minimum Gasteiger partial charge on any atom is -0.391 e. The van der Waals surface area contributed by atoms with E-state index in [1.54, 1.807) is 0 Å². The largest absolute Gasteiger partial charge is 0.391 e. The van der Waals surface area contributed by atoms with Crippen LogP contribution in [0.3, 0.4) is 0 Å². The highest BCUT2D eigenvalue weighted by molar-refractivity contribution is 5.76. The number of carbonyl (C=O) groups excluding carboxylic acids is 1. The molecule has 0 radical (unpaired) electrons. The van der Waals surface area contributed by atoms with Gasteiger partial charge in [0, 0.05) is 31.8 Å². The SMILES string of the molecule is CC[C@@H](O)Cn1nc(C(C)C)nc1CCN1CCCCC1=O. The van der Waals surface area contributed by atoms with Crippen LogP contribution in [0.25, 0.3) is 0 Å². The van der Waals surface area contributed by atoms with Crippen LogP contribution in [0.5, 0.6) is 0 Å². The van der Waals surface area contributed by atoms with Gasteiger partial charge in [-0.1, -0.05) is 20.8 Å². The zero-order chi connectivity index (χ0) is 16.1. The van der Waals surface area contributed by atoms with Crippen molar-refractivity contribution in [1.29, 1.82) is 0 Å². The van der Waals surface area contributed by atoms with Gasteiger partial charge in [-0.3, -0.25) is 4.79 Å². The number of hydrogen-bond donors (Lipinski definition) is 1. The molecule has 1 atom stereocenters. The maximum atomic E-state index is 11.9. The molecule has 6 nitrogen and oxygen atoms in total. The second kappa shape index (κ2) is 7.72. The molecule has 0 spiro atoms. The fourth-order valence-corrected chi connectivity index (χ4v) is 2.63. The number of piperidine rings is 1. The van der Waals surface area contributed by atoms with Gasteiger partial charge in [0.05, 0.1) is 12.6 Å². The summed E-state index contributed by atoms with van der Waals surface area (Å²) in [7, 11) is 0. The molecular weight excluding hydrogens is 280 g/mol. The standard InChI is InChI=1S/C16H28N4O2/c1-4-13(21)11-20-14(17-16(18-20)12(2)3)8-10-19-9-6-5-7-15(19)22/h12-13,21H,4-11H2,1-3H3/t13-/m1/s1. The van der Waals surface area contributed by atoms with E-state index < -0.39 is 6.10 Å². The second-order valence-corrected chi connectivity index (χ2v) is 6.37. The van der Waals surface area contributed by atoms with Gasteiger partial charge in [0.2, 0.25) is 5.91 Å². The summed E-state index contributed by atoms with van der Waals surface area (Å²) in [6.45, 7) is 8.09. The summed E-state index contributed by atoms with van der Waals surface area (Å²) in [6.07, 6.45) is 3.74. The van der Waals surface area contributed by atoms with Crippen molar-refractivity contribution in [3.63, 3.8) is 0 Å². The van der Waals surface area contributed by atoms with E-state index in [1.807, 2.05) is 16.5 Å². The van der Waals surface area contributed by atoms with Crippen LogP contribution < -0.4 is 0 Å². The Morgan fingerprint density at radius 3 is 2.73 bits per heavy atom. The lowest BCUT2D eigenvalue weighted by molar-refractivity contribution is -0.133. The first-order valence-electron chi connectivity index (χ1n) is 8.40. The molecule has 1 aromatic heterocycles. The zero-order valence-corrected chi connectivity index (χ0v) is 14.0. The van der Waals surface area contributed by atoms with Gasteiger partial charge < -0.3 is 10.0 Å². The number of aliphatic hydroxyl groups is 1. The molecule has 0 aromatic carbocycles. The predicted octanol–water partition coefficient (Wildman–Crippen LogP) is 1.73. The van der Waals surface area contributed by atoms with Crippen molar-refractivity contribution in [2.45, 2.75) is 71.4 Å². The molecule has 0 saturated carbocycles. The lowest BCUT2D eigenvalue weighted by atomic mass is 10.1. The summed E-state index contributed by atoms with van der Waals surface area (Å²) >= 11 is 0. The fourth-order valence-electron chi connectivity index (χ4n) is 2.63. The summed E-state index contributed by atoms with van der Waals surface area (Å²) in [5, 5.41) is 14.4. The molecule has 0 bridgehead atoms. The monoisotopic (exact) mass is 308 g/mol. The van der Waals surface area contributed by atoms with E-state index in [2.05, 4.69) is 23.9 Å². The first-order valence-corrected chi connectivity index (χ1v) is 8.40. The summed E-state index contributed by atoms with van der Waals surface area (Å²) in [4.78, 5) is 18.4. The molecule has 1 aliphatic rings. The minimum atomic E-state index is -0.405. The molecular formula is C16H28N4O2. The van der Waals surface area contributed by atoms with E-state index in [9.17, 15) is 9.90 Å². The van der Waals surface area contributed by atoms with Crippen molar-refractivity contribution in [2.75, 3.05) is 13.1 Å². The van der Waals surface area contributed by atoms with Crippen LogP contribution in [0.15, 0.2) is 0 Å². The Hall–Kier alpha value is -1.43. The molecule has 1 N–H and O–H groups in total. The lowest BCUT2D eigenvalue weighted by Crippen LogP contribution is -2.37. The minimum absolute atomic E-state index is 0.245. The first-order chi connectivity index (χ1) is 10.5. The first kappa shape index (κ1) is 16.9. The van der Waals surface area contributed by atoms with Gasteiger partial charge in [0.25, 0.3) is 0 Å². The van der Waals surface area contributed by atoms with Crippen molar-refractivity contribution in [2.24, 2.45) is 0 Å². The maximum Gasteiger partial charge on any atom is 0.222 e. The second-order valence-electron chi connectivity index (χ2n) is 6.37. The number of amides is 1. The Morgan fingerprint density at radius 1 is 1.32 bits per heavy atom. The normalized spacial score (nSPS) is 17.3. The third-order valence-corrected chi connectivity index (χ3v) is 4.16. The Labute approximate surface area is 132 Å². The van der Waals surface area contributed by atoms with Crippen LogP contribution >= 0.6 is 0 Å². The third kappa shape index (κ3) is 4.29. The Bertz CT molecular complexity index is 498. The highest BCUT2D eigenvalue weighted by Gasteiger charge is 2.20. The molecule has 1 saturated heterocycles. The quantitative estimate of drug-likeness (QED) is 0.832. The molecule has 6 heteroatoms. The molecule has 1 aliphatic heterocycles. The van der Waals surface area contributed by atoms with Crippen LogP contribution in [0.1, 0.15) is 64.0 Å². The van der Waals surface area contributed by atoms with E-state index in [4.69, 9.17) is 0 Å². The highest BCUT2D eigenvalue weighted by atomic mass is 16.3. The van der Waals surface area contributed by atoms with Gasteiger partial charge >= 0.3 is 0 Å². The van der Waals surface area contributed by atoms with Crippen molar-refractivity contribution in [3.05, 3.63) is 11.6 Å². The number of carbonyl (C=O) groups is 1. The van der Waals surface area contributed by atoms with E-state index in [0.717, 1.165) is 31.0 Å². The van der Waals surface area contributed by atoms with Crippen molar-refractivity contribution < 1.29 is 9.90 Å². The van der Waals surface area contributed by atoms with Gasteiger partial charge in [0.1, 0.15) is 5.82 Å². The van der Waals surface area contributed by atoms with Gasteiger partial charge in [-0.05, 0) is 19.3 Å². The van der Waals surface area contributed by atoms with E-state index >= 15 is 0 Å². The average Bonchev–Trinajstić information content (AvgIpc) is 2.89. The van der Waals surface area contributed by atoms with Gasteiger partial charge in [0.15, 0.2) is 5.82 Å². The number of likely N-dealkylation sites (tertiary alicyclic amines) is 1. The smallest absolute Gasteiger partial charge is 0.222 e. The Kier molecular flexibility index (Phi) is 5.94. The van der Waals surface area contributed by atoms with E-state index in [1.165, 1.54) is 0 Å². The number of hydrogen-bond acceptors (Lipinski definition) is 4. The van der Waals surface area contributed by atoms with Crippen LogP contribution in [-0.2, 0) is 17.8 Å². The van der Waals surface area contributed by atoms with Gasteiger partial charge in [-0.25, -0.2) is 9.67 Å². The summed E-state index contributed by atoms with van der Waals surface area (Å²) in [5.41, 5.74) is 0. The van der Waals surface area contributed by atoms with Crippen LogP contribution in [-0.4, -0.2) is 49.9 Å². The molecule has 2 heterocycles. The third-order valence-electron chi connectivity index (χ3n) is 4.16. The Balaban J connectivity index is 2.05. The zero-order valence-electron chi connectivity index (χ0n) is 14.0. The topological polar surface area (TPSA) is 71.2 Å². The lowest BCUT2D eigenvalue weighted by Gasteiger charge is -2.26. The van der Waals surface area contributed by atoms with Crippen LogP contribution in [0, 0.1) is 0 Å². The molecule has 124 valence electrons. The van der Waals surface area contributed by atoms with E-state index in [-0.39, 0.29) is 11.8 Å². The molecule has 22 heavy (non-hydrogen) atoms. The van der Waals surface area contributed by atoms with Gasteiger partial charge in [-0.15, -0.1) is 0 Å². The highest BCUT2D eigenvalue weighted by Crippen LogP contribution is 2.14.